The maximum atomic E-state index is 12.9. The Morgan fingerprint density at radius 1 is 1.30 bits per heavy atom. The number of carbonyl (C=O) groups is 1. The number of nitrogens with one attached hydrogen (secondary N) is 1. The zero-order valence-corrected chi connectivity index (χ0v) is 18.6. The second-order valence-electron chi connectivity index (χ2n) is 9.15. The molecule has 0 saturated carbocycles. The Bertz CT molecular complexity index is 1060. The summed E-state index contributed by atoms with van der Waals surface area (Å²) in [7, 11) is 0. The zero-order valence-electron chi connectivity index (χ0n) is 17.8. The van der Waals surface area contributed by atoms with E-state index in [2.05, 4.69) is 36.3 Å². The molecule has 3 aromatic rings. The molecular weight excluding hydrogens is 400 g/mol. The Morgan fingerprint density at radius 3 is 2.73 bits per heavy atom. The number of halogens is 1. The molecule has 158 valence electrons. The molecule has 0 spiro atoms. The quantitative estimate of drug-likeness (QED) is 0.615. The van der Waals surface area contributed by atoms with Crippen molar-refractivity contribution in [1.29, 1.82) is 0 Å². The van der Waals surface area contributed by atoms with E-state index in [4.69, 9.17) is 16.1 Å². The van der Waals surface area contributed by atoms with Crippen LogP contribution >= 0.6 is 11.6 Å². The summed E-state index contributed by atoms with van der Waals surface area (Å²) >= 11 is 5.96. The van der Waals surface area contributed by atoms with Gasteiger partial charge >= 0.3 is 0 Å². The molecule has 1 aliphatic rings. The van der Waals surface area contributed by atoms with Crippen LogP contribution in [0.1, 0.15) is 60.3 Å². The number of hydrogen-bond acceptors (Lipinski definition) is 4. The molecule has 0 aliphatic heterocycles. The van der Waals surface area contributed by atoms with Crippen molar-refractivity contribution in [3.8, 4) is 0 Å². The highest BCUT2D eigenvalue weighted by Gasteiger charge is 2.34. The van der Waals surface area contributed by atoms with E-state index in [0.29, 0.717) is 29.0 Å². The van der Waals surface area contributed by atoms with Crippen molar-refractivity contribution in [2.75, 3.05) is 5.32 Å². The highest BCUT2D eigenvalue weighted by atomic mass is 35.5. The number of aryl methyl sites for hydroxylation is 2. The molecule has 30 heavy (non-hydrogen) atoms. The molecular formula is C23H27ClN4O2. The highest BCUT2D eigenvalue weighted by molar-refractivity contribution is 6.30. The number of rotatable bonds is 4. The summed E-state index contributed by atoms with van der Waals surface area (Å²) < 4.78 is 7.33. The largest absolute Gasteiger partial charge is 0.360 e. The van der Waals surface area contributed by atoms with Gasteiger partial charge in [-0.1, -0.05) is 49.7 Å². The Labute approximate surface area is 181 Å². The summed E-state index contributed by atoms with van der Waals surface area (Å²) in [4.78, 5) is 12.9. The monoisotopic (exact) mass is 426 g/mol. The van der Waals surface area contributed by atoms with Gasteiger partial charge in [0.2, 0.25) is 0 Å². The van der Waals surface area contributed by atoms with Crippen LogP contribution in [-0.2, 0) is 19.4 Å². The van der Waals surface area contributed by atoms with Crippen molar-refractivity contribution in [3.05, 3.63) is 63.6 Å². The number of nitrogens with zero attached hydrogens (tertiary/aromatic N) is 3. The SMILES string of the molecule is Cc1cc(NC(=O)c2noc3c2C[C@@H](C(C)(C)C)CC3)nn1Cc1ccc(Cl)cc1. The van der Waals surface area contributed by atoms with Crippen LogP contribution in [0.3, 0.4) is 0 Å². The van der Waals surface area contributed by atoms with E-state index in [1.807, 2.05) is 41.9 Å². The third-order valence-electron chi connectivity index (χ3n) is 5.95. The maximum absolute atomic E-state index is 12.9. The topological polar surface area (TPSA) is 73.0 Å². The first-order valence-electron chi connectivity index (χ1n) is 10.3. The van der Waals surface area contributed by atoms with E-state index in [0.717, 1.165) is 41.8 Å². The Kier molecular flexibility index (Phi) is 5.45. The number of benzene rings is 1. The van der Waals surface area contributed by atoms with Crippen molar-refractivity contribution in [1.82, 2.24) is 14.9 Å². The van der Waals surface area contributed by atoms with E-state index in [1.165, 1.54) is 0 Å². The van der Waals surface area contributed by atoms with Gasteiger partial charge in [0.05, 0.1) is 6.54 Å². The molecule has 0 saturated heterocycles. The molecule has 0 unspecified atom stereocenters. The molecule has 7 heteroatoms. The van der Waals surface area contributed by atoms with Crippen molar-refractivity contribution in [2.45, 2.75) is 53.5 Å². The minimum Gasteiger partial charge on any atom is -0.360 e. The smallest absolute Gasteiger partial charge is 0.279 e. The van der Waals surface area contributed by atoms with Gasteiger partial charge in [-0.3, -0.25) is 9.48 Å². The number of anilines is 1. The molecule has 2 aromatic heterocycles. The maximum Gasteiger partial charge on any atom is 0.279 e. The number of aromatic nitrogens is 3. The van der Waals surface area contributed by atoms with Gasteiger partial charge < -0.3 is 9.84 Å². The Balaban J connectivity index is 1.49. The first kappa shape index (κ1) is 20.7. The van der Waals surface area contributed by atoms with Gasteiger partial charge in [0.25, 0.3) is 5.91 Å². The molecule has 1 aliphatic carbocycles. The summed E-state index contributed by atoms with van der Waals surface area (Å²) in [6.07, 6.45) is 2.70. The lowest BCUT2D eigenvalue weighted by Gasteiger charge is -2.33. The Hall–Kier alpha value is -2.60. The van der Waals surface area contributed by atoms with Crippen LogP contribution in [0.15, 0.2) is 34.9 Å². The second kappa shape index (κ2) is 7.91. The van der Waals surface area contributed by atoms with Crippen LogP contribution in [0.25, 0.3) is 0 Å². The molecule has 1 aromatic carbocycles. The van der Waals surface area contributed by atoms with E-state index >= 15 is 0 Å². The lowest BCUT2D eigenvalue weighted by molar-refractivity contribution is 0.101. The number of fused-ring (bicyclic) bond motifs is 1. The first-order valence-corrected chi connectivity index (χ1v) is 10.7. The van der Waals surface area contributed by atoms with Crippen molar-refractivity contribution in [3.63, 3.8) is 0 Å². The van der Waals surface area contributed by atoms with Gasteiger partial charge in [0.1, 0.15) is 5.76 Å². The van der Waals surface area contributed by atoms with Crippen molar-refractivity contribution >= 4 is 23.3 Å². The number of carbonyl (C=O) groups excluding carboxylic acids is 1. The molecule has 1 atom stereocenters. The van der Waals surface area contributed by atoms with Gasteiger partial charge in [0, 0.05) is 28.8 Å². The van der Waals surface area contributed by atoms with Crippen molar-refractivity contribution < 1.29 is 9.32 Å². The molecule has 0 fully saturated rings. The lowest BCUT2D eigenvalue weighted by Crippen LogP contribution is -2.27. The molecule has 1 N–H and O–H groups in total. The summed E-state index contributed by atoms with van der Waals surface area (Å²) in [6.45, 7) is 9.29. The zero-order chi connectivity index (χ0) is 21.5. The molecule has 0 bridgehead atoms. The molecule has 2 heterocycles. The Morgan fingerprint density at radius 2 is 2.03 bits per heavy atom. The summed E-state index contributed by atoms with van der Waals surface area (Å²) in [5.74, 6) is 1.57. The fourth-order valence-corrected chi connectivity index (χ4v) is 4.12. The normalized spacial score (nSPS) is 16.4. The van der Waals surface area contributed by atoms with Gasteiger partial charge in [-0.2, -0.15) is 5.10 Å². The minimum absolute atomic E-state index is 0.181. The molecule has 0 radical (unpaired) electrons. The summed E-state index contributed by atoms with van der Waals surface area (Å²) in [5.41, 5.74) is 3.54. The summed E-state index contributed by atoms with van der Waals surface area (Å²) in [6, 6.07) is 9.51. The van der Waals surface area contributed by atoms with E-state index in [-0.39, 0.29) is 11.3 Å². The summed E-state index contributed by atoms with van der Waals surface area (Å²) in [5, 5.41) is 12.2. The predicted molar refractivity (Wildman–Crippen MR) is 117 cm³/mol. The van der Waals surface area contributed by atoms with Crippen LogP contribution in [0.5, 0.6) is 0 Å². The number of hydrogen-bond donors (Lipinski definition) is 1. The van der Waals surface area contributed by atoms with Crippen LogP contribution in [0.4, 0.5) is 5.82 Å². The van der Waals surface area contributed by atoms with Crippen LogP contribution in [0, 0.1) is 18.3 Å². The molecule has 6 nitrogen and oxygen atoms in total. The van der Waals surface area contributed by atoms with Gasteiger partial charge in [-0.05, 0) is 48.8 Å². The van der Waals surface area contributed by atoms with Crippen LogP contribution in [-0.4, -0.2) is 20.8 Å². The first-order chi connectivity index (χ1) is 14.2. The van der Waals surface area contributed by atoms with Gasteiger partial charge in [-0.25, -0.2) is 0 Å². The minimum atomic E-state index is -0.272. The average Bonchev–Trinajstić information content (AvgIpc) is 3.25. The second-order valence-corrected chi connectivity index (χ2v) is 9.58. The van der Waals surface area contributed by atoms with E-state index in [9.17, 15) is 4.79 Å². The highest BCUT2D eigenvalue weighted by Crippen LogP contribution is 2.38. The van der Waals surface area contributed by atoms with Crippen LogP contribution in [0.2, 0.25) is 5.02 Å². The van der Waals surface area contributed by atoms with Crippen molar-refractivity contribution in [2.24, 2.45) is 11.3 Å². The van der Waals surface area contributed by atoms with E-state index in [1.54, 1.807) is 0 Å². The van der Waals surface area contributed by atoms with Crippen LogP contribution < -0.4 is 5.32 Å². The van der Waals surface area contributed by atoms with E-state index < -0.39 is 0 Å². The molecule has 1 amide bonds. The fourth-order valence-electron chi connectivity index (χ4n) is 3.99. The number of amides is 1. The fraction of sp³-hybridized carbons (Fsp3) is 0.435. The molecule has 4 rings (SSSR count). The third kappa shape index (κ3) is 4.29. The lowest BCUT2D eigenvalue weighted by atomic mass is 9.71. The van der Waals surface area contributed by atoms with Gasteiger partial charge in [0.15, 0.2) is 11.5 Å². The predicted octanol–water partition coefficient (Wildman–Crippen LogP) is 5.28. The standard InChI is InChI=1S/C23H27ClN4O2/c1-14-11-20(26-28(14)13-15-5-8-17(24)9-6-15)25-22(29)21-18-12-16(23(2,3)4)7-10-19(18)30-27-21/h5-6,8-9,11,16H,7,10,12-13H2,1-4H3,(H,25,26,29)/t16-/m0/s1. The van der Waals surface area contributed by atoms with Gasteiger partial charge in [-0.15, -0.1) is 0 Å². The third-order valence-corrected chi connectivity index (χ3v) is 6.20. The average molecular weight is 427 g/mol.